The van der Waals surface area contributed by atoms with Crippen LogP contribution in [0.25, 0.3) is 0 Å². The Labute approximate surface area is 74.3 Å². The molecule has 1 aliphatic heterocycles. The summed E-state index contributed by atoms with van der Waals surface area (Å²) in [5.74, 6) is 0.964. The lowest BCUT2D eigenvalue weighted by atomic mass is 10.1. The largest absolute Gasteiger partial charge is 0.492 e. The van der Waals surface area contributed by atoms with Crippen LogP contribution in [0, 0.1) is 0 Å². The van der Waals surface area contributed by atoms with Crippen molar-refractivity contribution in [3.63, 3.8) is 0 Å². The van der Waals surface area contributed by atoms with E-state index in [1.54, 1.807) is 0 Å². The summed E-state index contributed by atoms with van der Waals surface area (Å²) in [6, 6.07) is 0.574. The predicted octanol–water partition coefficient (Wildman–Crippen LogP) is 1.84. The minimum atomic E-state index is 0.574. The molecule has 1 rings (SSSR count). The van der Waals surface area contributed by atoms with Crippen molar-refractivity contribution < 1.29 is 4.74 Å². The third-order valence-electron chi connectivity index (χ3n) is 1.99. The highest BCUT2D eigenvalue weighted by molar-refractivity contribution is 5.10. The molecule has 0 radical (unpaired) electrons. The molecular weight excluding hydrogens is 150 g/mol. The van der Waals surface area contributed by atoms with E-state index in [9.17, 15) is 0 Å². The van der Waals surface area contributed by atoms with E-state index in [-0.39, 0.29) is 0 Å². The van der Waals surface area contributed by atoms with E-state index < -0.39 is 0 Å². The third-order valence-corrected chi connectivity index (χ3v) is 1.99. The van der Waals surface area contributed by atoms with Crippen LogP contribution in [0.4, 0.5) is 0 Å². The second-order valence-corrected chi connectivity index (χ2v) is 2.94. The van der Waals surface area contributed by atoms with E-state index >= 15 is 0 Å². The van der Waals surface area contributed by atoms with Crippen LogP contribution in [0.2, 0.25) is 0 Å². The van der Waals surface area contributed by atoms with Crippen LogP contribution in [0.5, 0.6) is 0 Å². The molecule has 0 bridgehead atoms. The van der Waals surface area contributed by atoms with Crippen LogP contribution in [-0.2, 0) is 4.74 Å². The average Bonchev–Trinajstić information content (AvgIpc) is 2.00. The molecule has 0 aromatic rings. The Morgan fingerprint density at radius 3 is 2.75 bits per heavy atom. The van der Waals surface area contributed by atoms with E-state index in [4.69, 9.17) is 4.74 Å². The summed E-state index contributed by atoms with van der Waals surface area (Å²) in [7, 11) is 0. The number of nitrogens with one attached hydrogen (secondary N) is 1. The van der Waals surface area contributed by atoms with Crippen molar-refractivity contribution in [2.24, 2.45) is 0 Å². The Morgan fingerprint density at radius 1 is 1.58 bits per heavy atom. The zero-order valence-electron chi connectivity index (χ0n) is 7.84. The molecule has 1 N–H and O–H groups in total. The molecule has 1 heterocycles. The molecule has 0 spiro atoms. The van der Waals surface area contributed by atoms with Crippen LogP contribution in [0.15, 0.2) is 24.0 Å². The molecule has 2 heteroatoms. The van der Waals surface area contributed by atoms with Crippen molar-refractivity contribution in [3.05, 3.63) is 24.0 Å². The molecule has 12 heavy (non-hydrogen) atoms. The summed E-state index contributed by atoms with van der Waals surface area (Å²) in [5, 5.41) is 3.29. The Hall–Kier alpha value is -0.760. The van der Waals surface area contributed by atoms with Crippen molar-refractivity contribution in [3.8, 4) is 0 Å². The highest BCUT2D eigenvalue weighted by Gasteiger charge is 2.16. The van der Waals surface area contributed by atoms with Gasteiger partial charge < -0.3 is 10.1 Å². The SMILES string of the molecule is C/C=C\C(=C/C)OC[C@@H]1CCN1. The average molecular weight is 167 g/mol. The maximum absolute atomic E-state index is 5.55. The molecule has 0 unspecified atom stereocenters. The normalized spacial score (nSPS) is 24.2. The first-order valence-electron chi connectivity index (χ1n) is 4.52. The van der Waals surface area contributed by atoms with Crippen LogP contribution in [-0.4, -0.2) is 19.2 Å². The standard InChI is InChI=1S/C10H17NO/c1-3-5-10(4-2)12-8-9-6-7-11-9/h3-5,9,11H,6-8H2,1-2H3/b5-3-,10-4+/t9-/m0/s1. The summed E-state index contributed by atoms with van der Waals surface area (Å²) < 4.78 is 5.55. The van der Waals surface area contributed by atoms with Crippen LogP contribution in [0.3, 0.4) is 0 Å². The van der Waals surface area contributed by atoms with Crippen molar-refractivity contribution in [1.82, 2.24) is 5.32 Å². The smallest absolute Gasteiger partial charge is 0.114 e. The van der Waals surface area contributed by atoms with E-state index in [0.29, 0.717) is 6.04 Å². The summed E-state index contributed by atoms with van der Waals surface area (Å²) in [6.07, 6.45) is 7.20. The molecule has 1 atom stereocenters. The minimum absolute atomic E-state index is 0.574. The van der Waals surface area contributed by atoms with E-state index in [1.807, 2.05) is 32.1 Å². The lowest BCUT2D eigenvalue weighted by molar-refractivity contribution is 0.157. The van der Waals surface area contributed by atoms with Gasteiger partial charge in [-0.3, -0.25) is 0 Å². The first-order chi connectivity index (χ1) is 5.86. The summed E-state index contributed by atoms with van der Waals surface area (Å²) >= 11 is 0. The second kappa shape index (κ2) is 4.99. The van der Waals surface area contributed by atoms with Crippen LogP contribution in [0.1, 0.15) is 20.3 Å². The molecule has 0 aromatic heterocycles. The molecule has 1 aliphatic rings. The first kappa shape index (κ1) is 9.33. The van der Waals surface area contributed by atoms with Gasteiger partial charge in [-0.1, -0.05) is 6.08 Å². The van der Waals surface area contributed by atoms with E-state index in [0.717, 1.165) is 18.9 Å². The Balaban J connectivity index is 2.18. The lowest BCUT2D eigenvalue weighted by Crippen LogP contribution is -2.45. The Morgan fingerprint density at radius 2 is 2.33 bits per heavy atom. The third kappa shape index (κ3) is 2.70. The molecule has 1 fully saturated rings. The molecule has 0 aromatic carbocycles. The Bertz CT molecular complexity index is 180. The van der Waals surface area contributed by atoms with Gasteiger partial charge in [-0.05, 0) is 39.0 Å². The van der Waals surface area contributed by atoms with Gasteiger partial charge in [0, 0.05) is 6.04 Å². The fraction of sp³-hybridized carbons (Fsp3) is 0.600. The summed E-state index contributed by atoms with van der Waals surface area (Å²) in [6.45, 7) is 5.92. The van der Waals surface area contributed by atoms with Crippen LogP contribution < -0.4 is 5.32 Å². The molecule has 68 valence electrons. The fourth-order valence-corrected chi connectivity index (χ4v) is 1.08. The van der Waals surface area contributed by atoms with Gasteiger partial charge in [0.15, 0.2) is 0 Å². The maximum atomic E-state index is 5.55. The van der Waals surface area contributed by atoms with Crippen molar-refractivity contribution in [2.75, 3.05) is 13.2 Å². The molecular formula is C10H17NO. The van der Waals surface area contributed by atoms with Gasteiger partial charge >= 0.3 is 0 Å². The zero-order valence-corrected chi connectivity index (χ0v) is 7.84. The molecule has 2 nitrogen and oxygen atoms in total. The van der Waals surface area contributed by atoms with Crippen molar-refractivity contribution >= 4 is 0 Å². The molecule has 0 saturated carbocycles. The van der Waals surface area contributed by atoms with Gasteiger partial charge in [-0.25, -0.2) is 0 Å². The summed E-state index contributed by atoms with van der Waals surface area (Å²) in [4.78, 5) is 0. The van der Waals surface area contributed by atoms with Gasteiger partial charge in [0.25, 0.3) is 0 Å². The van der Waals surface area contributed by atoms with Gasteiger partial charge in [0.2, 0.25) is 0 Å². The fourth-order valence-electron chi connectivity index (χ4n) is 1.08. The van der Waals surface area contributed by atoms with Gasteiger partial charge in [0.1, 0.15) is 12.4 Å². The van der Waals surface area contributed by atoms with Gasteiger partial charge in [0.05, 0.1) is 0 Å². The molecule has 0 aliphatic carbocycles. The molecule has 0 amide bonds. The highest BCUT2D eigenvalue weighted by Crippen LogP contribution is 2.06. The topological polar surface area (TPSA) is 21.3 Å². The number of hydrogen-bond acceptors (Lipinski definition) is 2. The lowest BCUT2D eigenvalue weighted by Gasteiger charge is -2.27. The first-order valence-corrected chi connectivity index (χ1v) is 4.52. The van der Waals surface area contributed by atoms with Crippen molar-refractivity contribution in [1.29, 1.82) is 0 Å². The highest BCUT2D eigenvalue weighted by atomic mass is 16.5. The predicted molar refractivity (Wildman–Crippen MR) is 50.9 cm³/mol. The number of rotatable bonds is 4. The molecule has 1 saturated heterocycles. The van der Waals surface area contributed by atoms with Crippen LogP contribution >= 0.6 is 0 Å². The number of ether oxygens (including phenoxy) is 1. The van der Waals surface area contributed by atoms with E-state index in [1.165, 1.54) is 6.42 Å². The second-order valence-electron chi connectivity index (χ2n) is 2.94. The monoisotopic (exact) mass is 167 g/mol. The van der Waals surface area contributed by atoms with Gasteiger partial charge in [-0.15, -0.1) is 0 Å². The van der Waals surface area contributed by atoms with Crippen molar-refractivity contribution in [2.45, 2.75) is 26.3 Å². The number of allylic oxidation sites excluding steroid dienone is 3. The maximum Gasteiger partial charge on any atom is 0.114 e. The minimum Gasteiger partial charge on any atom is -0.492 e. The van der Waals surface area contributed by atoms with E-state index in [2.05, 4.69) is 5.32 Å². The quantitative estimate of drug-likeness (QED) is 0.509. The Kier molecular flexibility index (Phi) is 3.88. The number of hydrogen-bond donors (Lipinski definition) is 1. The van der Waals surface area contributed by atoms with Gasteiger partial charge in [-0.2, -0.15) is 0 Å². The summed E-state index contributed by atoms with van der Waals surface area (Å²) in [5.41, 5.74) is 0. The zero-order chi connectivity index (χ0) is 8.81.